The van der Waals surface area contributed by atoms with Crippen molar-refractivity contribution < 1.29 is 18.5 Å². The van der Waals surface area contributed by atoms with Crippen molar-refractivity contribution in [3.8, 4) is 11.3 Å². The molecule has 1 aromatic heterocycles. The zero-order chi connectivity index (χ0) is 20.4. The fourth-order valence-corrected chi connectivity index (χ4v) is 3.45. The van der Waals surface area contributed by atoms with Gasteiger partial charge in [-0.15, -0.1) is 0 Å². The number of carbonyl (C=O) groups excluding carboxylic acids is 2. The number of halogens is 1. The number of nitrogens with zero attached hydrogens (tertiary/aromatic N) is 2. The van der Waals surface area contributed by atoms with Gasteiger partial charge in [0.15, 0.2) is 5.76 Å². The van der Waals surface area contributed by atoms with E-state index in [0.29, 0.717) is 31.0 Å². The SMILES string of the molecule is CC(=O)Nc1ccc(CC(=O)N2CCc3noc(-c4ccc(F)cc4)c3C2)cc1. The Morgan fingerprint density at radius 1 is 1.14 bits per heavy atom. The smallest absolute Gasteiger partial charge is 0.227 e. The summed E-state index contributed by atoms with van der Waals surface area (Å²) in [5.74, 6) is 0.137. The Labute approximate surface area is 167 Å². The Bertz CT molecular complexity index is 1040. The Morgan fingerprint density at radius 3 is 2.55 bits per heavy atom. The van der Waals surface area contributed by atoms with Gasteiger partial charge in [-0.1, -0.05) is 17.3 Å². The number of hydrogen-bond acceptors (Lipinski definition) is 4. The molecule has 6 nitrogen and oxygen atoms in total. The van der Waals surface area contributed by atoms with Gasteiger partial charge in [-0.2, -0.15) is 0 Å². The van der Waals surface area contributed by atoms with Gasteiger partial charge in [0.25, 0.3) is 0 Å². The molecule has 1 N–H and O–H groups in total. The van der Waals surface area contributed by atoms with Gasteiger partial charge in [0.1, 0.15) is 5.82 Å². The van der Waals surface area contributed by atoms with Crippen molar-refractivity contribution >= 4 is 17.5 Å². The van der Waals surface area contributed by atoms with Crippen LogP contribution in [0, 0.1) is 5.82 Å². The highest BCUT2D eigenvalue weighted by Gasteiger charge is 2.27. The Balaban J connectivity index is 1.46. The summed E-state index contributed by atoms with van der Waals surface area (Å²) in [4.78, 5) is 25.7. The second kappa shape index (κ2) is 7.87. The average Bonchev–Trinajstić information content (AvgIpc) is 3.13. The van der Waals surface area contributed by atoms with Crippen LogP contribution in [-0.4, -0.2) is 28.4 Å². The predicted molar refractivity (Wildman–Crippen MR) is 105 cm³/mol. The monoisotopic (exact) mass is 393 g/mol. The van der Waals surface area contributed by atoms with E-state index in [-0.39, 0.29) is 24.1 Å². The number of rotatable bonds is 4. The van der Waals surface area contributed by atoms with E-state index < -0.39 is 0 Å². The third-order valence-electron chi connectivity index (χ3n) is 4.93. The number of amides is 2. The highest BCUT2D eigenvalue weighted by atomic mass is 19.1. The molecule has 0 aliphatic carbocycles. The average molecular weight is 393 g/mol. The van der Waals surface area contributed by atoms with Crippen molar-refractivity contribution in [3.05, 3.63) is 71.2 Å². The first-order valence-electron chi connectivity index (χ1n) is 9.37. The van der Waals surface area contributed by atoms with E-state index in [1.165, 1.54) is 19.1 Å². The minimum atomic E-state index is -0.316. The van der Waals surface area contributed by atoms with Crippen molar-refractivity contribution in [1.82, 2.24) is 10.1 Å². The second-order valence-electron chi connectivity index (χ2n) is 7.06. The number of carbonyl (C=O) groups is 2. The maximum absolute atomic E-state index is 13.2. The van der Waals surface area contributed by atoms with Crippen LogP contribution in [0.4, 0.5) is 10.1 Å². The molecule has 7 heteroatoms. The zero-order valence-corrected chi connectivity index (χ0v) is 15.9. The summed E-state index contributed by atoms with van der Waals surface area (Å²) in [5.41, 5.74) is 4.02. The van der Waals surface area contributed by atoms with Gasteiger partial charge >= 0.3 is 0 Å². The van der Waals surface area contributed by atoms with Gasteiger partial charge in [-0.3, -0.25) is 9.59 Å². The van der Waals surface area contributed by atoms with Gasteiger partial charge < -0.3 is 14.7 Å². The lowest BCUT2D eigenvalue weighted by molar-refractivity contribution is -0.131. The molecule has 1 aliphatic heterocycles. The van der Waals surface area contributed by atoms with Gasteiger partial charge in [0.2, 0.25) is 11.8 Å². The first kappa shape index (κ1) is 18.9. The summed E-state index contributed by atoms with van der Waals surface area (Å²) < 4.78 is 18.7. The van der Waals surface area contributed by atoms with Gasteiger partial charge in [0.05, 0.1) is 18.7 Å². The Kier molecular flexibility index (Phi) is 5.12. The molecule has 0 fully saturated rings. The largest absolute Gasteiger partial charge is 0.356 e. The minimum absolute atomic E-state index is 0.00850. The van der Waals surface area contributed by atoms with E-state index in [1.807, 2.05) is 12.1 Å². The van der Waals surface area contributed by atoms with Crippen LogP contribution in [0.3, 0.4) is 0 Å². The van der Waals surface area contributed by atoms with Gasteiger partial charge in [0, 0.05) is 36.7 Å². The normalized spacial score (nSPS) is 13.1. The Morgan fingerprint density at radius 2 is 1.86 bits per heavy atom. The molecule has 148 valence electrons. The van der Waals surface area contributed by atoms with Crippen molar-refractivity contribution in [3.63, 3.8) is 0 Å². The third kappa shape index (κ3) is 4.18. The van der Waals surface area contributed by atoms with Crippen molar-refractivity contribution in [2.45, 2.75) is 26.3 Å². The van der Waals surface area contributed by atoms with E-state index >= 15 is 0 Å². The molecule has 0 spiro atoms. The molecule has 0 atom stereocenters. The van der Waals surface area contributed by atoms with Crippen molar-refractivity contribution in [2.24, 2.45) is 0 Å². The van der Waals surface area contributed by atoms with Crippen LogP contribution in [0.15, 0.2) is 53.1 Å². The van der Waals surface area contributed by atoms with E-state index in [1.54, 1.807) is 29.2 Å². The fourth-order valence-electron chi connectivity index (χ4n) is 3.45. The molecule has 3 aromatic rings. The number of benzene rings is 2. The van der Waals surface area contributed by atoms with E-state index in [9.17, 15) is 14.0 Å². The van der Waals surface area contributed by atoms with Crippen LogP contribution in [0.5, 0.6) is 0 Å². The number of fused-ring (bicyclic) bond motifs is 1. The summed E-state index contributed by atoms with van der Waals surface area (Å²) in [5, 5.41) is 6.83. The molecule has 0 unspecified atom stereocenters. The van der Waals surface area contributed by atoms with Crippen LogP contribution < -0.4 is 5.32 Å². The van der Waals surface area contributed by atoms with Crippen LogP contribution in [-0.2, 0) is 29.0 Å². The highest BCUT2D eigenvalue weighted by Crippen LogP contribution is 2.30. The highest BCUT2D eigenvalue weighted by molar-refractivity contribution is 5.88. The minimum Gasteiger partial charge on any atom is -0.356 e. The summed E-state index contributed by atoms with van der Waals surface area (Å²) in [6.45, 7) is 2.44. The number of nitrogens with one attached hydrogen (secondary N) is 1. The van der Waals surface area contributed by atoms with Crippen molar-refractivity contribution in [1.29, 1.82) is 0 Å². The van der Waals surface area contributed by atoms with Crippen LogP contribution >= 0.6 is 0 Å². The van der Waals surface area contributed by atoms with Crippen molar-refractivity contribution in [2.75, 3.05) is 11.9 Å². The summed E-state index contributed by atoms with van der Waals surface area (Å²) in [6, 6.07) is 13.3. The molecule has 29 heavy (non-hydrogen) atoms. The summed E-state index contributed by atoms with van der Waals surface area (Å²) >= 11 is 0. The van der Waals surface area contributed by atoms with Gasteiger partial charge in [-0.25, -0.2) is 4.39 Å². The van der Waals surface area contributed by atoms with Gasteiger partial charge in [-0.05, 0) is 42.0 Å². The van der Waals surface area contributed by atoms with Crippen LogP contribution in [0.2, 0.25) is 0 Å². The first-order valence-corrected chi connectivity index (χ1v) is 9.37. The lowest BCUT2D eigenvalue weighted by Gasteiger charge is -2.26. The molecule has 1 aliphatic rings. The first-order chi connectivity index (χ1) is 14.0. The molecule has 0 saturated carbocycles. The summed E-state index contributed by atoms with van der Waals surface area (Å²) in [6.07, 6.45) is 0.889. The second-order valence-corrected chi connectivity index (χ2v) is 7.06. The van der Waals surface area contributed by atoms with E-state index in [2.05, 4.69) is 10.5 Å². The Hall–Kier alpha value is -3.48. The lowest BCUT2D eigenvalue weighted by Crippen LogP contribution is -2.36. The van der Waals surface area contributed by atoms with Crippen LogP contribution in [0.25, 0.3) is 11.3 Å². The zero-order valence-electron chi connectivity index (χ0n) is 15.9. The lowest BCUT2D eigenvalue weighted by atomic mass is 10.0. The topological polar surface area (TPSA) is 75.4 Å². The molecule has 2 heterocycles. The third-order valence-corrected chi connectivity index (χ3v) is 4.93. The van der Waals surface area contributed by atoms with E-state index in [0.717, 1.165) is 22.4 Å². The molecule has 0 bridgehead atoms. The molecular formula is C22H20FN3O3. The molecule has 0 radical (unpaired) electrons. The summed E-state index contributed by atoms with van der Waals surface area (Å²) in [7, 11) is 0. The molecule has 2 amide bonds. The number of aromatic nitrogens is 1. The fraction of sp³-hybridized carbons (Fsp3) is 0.227. The molecule has 2 aromatic carbocycles. The molecular weight excluding hydrogens is 373 g/mol. The number of hydrogen-bond donors (Lipinski definition) is 1. The standard InChI is InChI=1S/C22H20FN3O3/c1-14(27)24-18-8-2-15(3-9-18)12-21(28)26-11-10-20-19(13-26)22(29-25-20)16-4-6-17(23)7-5-16/h2-9H,10-13H2,1H3,(H,24,27). The van der Waals surface area contributed by atoms with Crippen LogP contribution in [0.1, 0.15) is 23.7 Å². The maximum Gasteiger partial charge on any atom is 0.227 e. The molecule has 4 rings (SSSR count). The number of anilines is 1. The molecule has 0 saturated heterocycles. The van der Waals surface area contributed by atoms with E-state index in [4.69, 9.17) is 4.52 Å². The quantitative estimate of drug-likeness (QED) is 0.735. The maximum atomic E-state index is 13.2. The predicted octanol–water partition coefficient (Wildman–Crippen LogP) is 3.57.